The van der Waals surface area contributed by atoms with E-state index in [9.17, 15) is 0 Å². The average molecular weight is 248 g/mol. The molecule has 2 aromatic rings. The fraction of sp³-hybridized carbons (Fsp3) is 0.308. The smallest absolute Gasteiger partial charge is 0.119 e. The zero-order valence-corrected chi connectivity index (χ0v) is 10.7. The normalized spacial score (nSPS) is 10.4. The summed E-state index contributed by atoms with van der Waals surface area (Å²) < 4.78 is 5.05. The lowest BCUT2D eigenvalue weighted by atomic mass is 10.3. The third kappa shape index (κ3) is 3.84. The van der Waals surface area contributed by atoms with Gasteiger partial charge in [0.2, 0.25) is 0 Å². The van der Waals surface area contributed by atoms with Crippen LogP contribution in [0.15, 0.2) is 35.7 Å². The van der Waals surface area contributed by atoms with Gasteiger partial charge in [-0.05, 0) is 12.1 Å². The highest BCUT2D eigenvalue weighted by molar-refractivity contribution is 7.09. The van der Waals surface area contributed by atoms with Gasteiger partial charge in [0.25, 0.3) is 0 Å². The van der Waals surface area contributed by atoms with Crippen molar-refractivity contribution in [3.8, 4) is 0 Å². The quantitative estimate of drug-likeness (QED) is 0.853. The van der Waals surface area contributed by atoms with Gasteiger partial charge in [-0.1, -0.05) is 18.2 Å². The summed E-state index contributed by atoms with van der Waals surface area (Å²) in [6.07, 6.45) is 0.940. The molecule has 17 heavy (non-hydrogen) atoms. The number of hydrogen-bond acceptors (Lipinski definition) is 4. The van der Waals surface area contributed by atoms with Crippen LogP contribution in [0, 0.1) is 0 Å². The molecule has 0 spiro atoms. The Balaban J connectivity index is 1.78. The Kier molecular flexibility index (Phi) is 4.53. The number of aromatic nitrogens is 1. The van der Waals surface area contributed by atoms with Gasteiger partial charge in [-0.25, -0.2) is 4.98 Å². The maximum Gasteiger partial charge on any atom is 0.119 e. The van der Waals surface area contributed by atoms with E-state index < -0.39 is 0 Å². The molecule has 2 rings (SSSR count). The van der Waals surface area contributed by atoms with Crippen LogP contribution in [-0.2, 0) is 17.8 Å². The minimum Gasteiger partial charge on any atom is -0.385 e. The van der Waals surface area contributed by atoms with Crippen molar-refractivity contribution in [3.63, 3.8) is 0 Å². The molecule has 0 aliphatic heterocycles. The molecular formula is C13H16N2OS. The average Bonchev–Trinajstić information content (AvgIpc) is 2.79. The molecule has 4 heteroatoms. The molecule has 1 N–H and O–H groups in total. The van der Waals surface area contributed by atoms with Gasteiger partial charge >= 0.3 is 0 Å². The van der Waals surface area contributed by atoms with Crippen molar-refractivity contribution in [1.29, 1.82) is 0 Å². The molecule has 0 aliphatic carbocycles. The molecule has 0 radical (unpaired) electrons. The van der Waals surface area contributed by atoms with Crippen LogP contribution in [0.25, 0.3) is 0 Å². The van der Waals surface area contributed by atoms with Crippen LogP contribution in [0.1, 0.15) is 10.7 Å². The van der Waals surface area contributed by atoms with Crippen LogP contribution in [0.2, 0.25) is 0 Å². The SMILES string of the molecule is COCc1nc(CCNc2ccccc2)cs1. The number of hydrogen-bond donors (Lipinski definition) is 1. The Hall–Kier alpha value is -1.39. The van der Waals surface area contributed by atoms with Crippen molar-refractivity contribution in [1.82, 2.24) is 4.98 Å². The largest absolute Gasteiger partial charge is 0.385 e. The van der Waals surface area contributed by atoms with E-state index >= 15 is 0 Å². The lowest BCUT2D eigenvalue weighted by molar-refractivity contribution is 0.184. The van der Waals surface area contributed by atoms with Gasteiger partial charge in [0.05, 0.1) is 12.3 Å². The molecule has 0 fully saturated rings. The fourth-order valence-corrected chi connectivity index (χ4v) is 2.34. The summed E-state index contributed by atoms with van der Waals surface area (Å²) in [7, 11) is 1.69. The number of ether oxygens (including phenoxy) is 1. The van der Waals surface area contributed by atoms with Crippen LogP contribution in [0.3, 0.4) is 0 Å². The van der Waals surface area contributed by atoms with Crippen molar-refractivity contribution < 1.29 is 4.74 Å². The summed E-state index contributed by atoms with van der Waals surface area (Å²) in [5, 5.41) is 6.51. The van der Waals surface area contributed by atoms with Gasteiger partial charge in [0, 0.05) is 31.1 Å². The van der Waals surface area contributed by atoms with E-state index in [0.717, 1.165) is 29.4 Å². The number of rotatable bonds is 6. The van der Waals surface area contributed by atoms with Crippen molar-refractivity contribution in [2.75, 3.05) is 19.0 Å². The Labute approximate surface area is 105 Å². The molecule has 0 atom stereocenters. The minimum atomic E-state index is 0.608. The molecule has 3 nitrogen and oxygen atoms in total. The van der Waals surface area contributed by atoms with E-state index in [1.807, 2.05) is 18.2 Å². The Bertz CT molecular complexity index is 442. The Morgan fingerprint density at radius 2 is 2.12 bits per heavy atom. The maximum absolute atomic E-state index is 5.05. The molecule has 1 aromatic carbocycles. The highest BCUT2D eigenvalue weighted by Crippen LogP contribution is 2.11. The standard InChI is InChI=1S/C13H16N2OS/c1-16-9-13-15-12(10-17-13)7-8-14-11-5-3-2-4-6-11/h2-6,10,14H,7-9H2,1H3. The minimum absolute atomic E-state index is 0.608. The number of nitrogens with zero attached hydrogens (tertiary/aromatic N) is 1. The number of anilines is 1. The topological polar surface area (TPSA) is 34.1 Å². The predicted octanol–water partition coefficient (Wildman–Crippen LogP) is 2.94. The van der Waals surface area contributed by atoms with E-state index in [0.29, 0.717) is 6.61 Å². The van der Waals surface area contributed by atoms with Crippen LogP contribution >= 0.6 is 11.3 Å². The first kappa shape index (κ1) is 12.1. The molecule has 0 saturated carbocycles. The Morgan fingerprint density at radius 1 is 1.29 bits per heavy atom. The van der Waals surface area contributed by atoms with Crippen molar-refractivity contribution in [3.05, 3.63) is 46.4 Å². The van der Waals surface area contributed by atoms with E-state index in [-0.39, 0.29) is 0 Å². The number of thiazole rings is 1. The van der Waals surface area contributed by atoms with E-state index in [1.54, 1.807) is 18.4 Å². The maximum atomic E-state index is 5.05. The number of benzene rings is 1. The number of para-hydroxylation sites is 1. The molecule has 0 bridgehead atoms. The summed E-state index contributed by atoms with van der Waals surface area (Å²) in [4.78, 5) is 4.48. The number of nitrogens with one attached hydrogen (secondary N) is 1. The van der Waals surface area contributed by atoms with Crippen LogP contribution < -0.4 is 5.32 Å². The molecule has 0 unspecified atom stereocenters. The van der Waals surface area contributed by atoms with Gasteiger partial charge in [0.1, 0.15) is 5.01 Å². The molecular weight excluding hydrogens is 232 g/mol. The van der Waals surface area contributed by atoms with E-state index in [4.69, 9.17) is 4.74 Å². The van der Waals surface area contributed by atoms with Gasteiger partial charge in [-0.15, -0.1) is 11.3 Å². The fourth-order valence-electron chi connectivity index (χ4n) is 1.54. The van der Waals surface area contributed by atoms with Gasteiger partial charge < -0.3 is 10.1 Å². The number of methoxy groups -OCH3 is 1. The van der Waals surface area contributed by atoms with Crippen LogP contribution in [0.5, 0.6) is 0 Å². The summed E-state index contributed by atoms with van der Waals surface area (Å²) in [6, 6.07) is 10.2. The Morgan fingerprint density at radius 3 is 2.88 bits per heavy atom. The zero-order chi connectivity index (χ0) is 11.9. The summed E-state index contributed by atoms with van der Waals surface area (Å²) in [6.45, 7) is 1.51. The van der Waals surface area contributed by atoms with Gasteiger partial charge in [-0.2, -0.15) is 0 Å². The van der Waals surface area contributed by atoms with Gasteiger partial charge in [0.15, 0.2) is 0 Å². The van der Waals surface area contributed by atoms with E-state index in [1.165, 1.54) is 0 Å². The first-order valence-electron chi connectivity index (χ1n) is 5.59. The summed E-state index contributed by atoms with van der Waals surface area (Å²) in [5.74, 6) is 0. The van der Waals surface area contributed by atoms with Crippen molar-refractivity contribution >= 4 is 17.0 Å². The molecule has 0 amide bonds. The predicted molar refractivity (Wildman–Crippen MR) is 71.5 cm³/mol. The van der Waals surface area contributed by atoms with Gasteiger partial charge in [-0.3, -0.25) is 0 Å². The molecule has 90 valence electrons. The molecule has 0 saturated heterocycles. The second kappa shape index (κ2) is 6.37. The van der Waals surface area contributed by atoms with E-state index in [2.05, 4.69) is 27.8 Å². The highest BCUT2D eigenvalue weighted by Gasteiger charge is 2.01. The lowest BCUT2D eigenvalue weighted by Gasteiger charge is -2.03. The first-order valence-corrected chi connectivity index (χ1v) is 6.47. The molecule has 1 heterocycles. The van der Waals surface area contributed by atoms with Crippen LogP contribution in [0.4, 0.5) is 5.69 Å². The second-order valence-electron chi connectivity index (χ2n) is 3.71. The monoisotopic (exact) mass is 248 g/mol. The van der Waals surface area contributed by atoms with Crippen molar-refractivity contribution in [2.45, 2.75) is 13.0 Å². The van der Waals surface area contributed by atoms with Crippen molar-refractivity contribution in [2.24, 2.45) is 0 Å². The second-order valence-corrected chi connectivity index (χ2v) is 4.65. The first-order chi connectivity index (χ1) is 8.38. The van der Waals surface area contributed by atoms with Crippen LogP contribution in [-0.4, -0.2) is 18.6 Å². The third-order valence-corrected chi connectivity index (χ3v) is 3.22. The third-order valence-electron chi connectivity index (χ3n) is 2.35. The summed E-state index contributed by atoms with van der Waals surface area (Å²) in [5.41, 5.74) is 2.28. The molecule has 1 aromatic heterocycles. The molecule has 0 aliphatic rings. The summed E-state index contributed by atoms with van der Waals surface area (Å²) >= 11 is 1.66. The lowest BCUT2D eigenvalue weighted by Crippen LogP contribution is -2.04. The zero-order valence-electron chi connectivity index (χ0n) is 9.85. The highest BCUT2D eigenvalue weighted by atomic mass is 32.1.